The Kier molecular flexibility index (Phi) is 5.67. The third kappa shape index (κ3) is 3.93. The molecule has 0 radical (unpaired) electrons. The molecule has 1 aliphatic rings. The van der Waals surface area contributed by atoms with Crippen LogP contribution >= 0.6 is 27.5 Å². The highest BCUT2D eigenvalue weighted by molar-refractivity contribution is 9.10. The number of hydrogen-bond acceptors (Lipinski definition) is 1. The number of halogens is 3. The molecule has 4 heteroatoms. The van der Waals surface area contributed by atoms with Gasteiger partial charge in [0.15, 0.2) is 0 Å². The van der Waals surface area contributed by atoms with E-state index in [4.69, 9.17) is 11.6 Å². The lowest BCUT2D eigenvalue weighted by Crippen LogP contribution is -2.15. The average Bonchev–Trinajstić information content (AvgIpc) is 2.32. The van der Waals surface area contributed by atoms with Gasteiger partial charge in [0.05, 0.1) is 11.1 Å². The molecule has 1 unspecified atom stereocenters. The van der Waals surface area contributed by atoms with E-state index in [-0.39, 0.29) is 11.7 Å². The zero-order valence-corrected chi connectivity index (χ0v) is 13.2. The van der Waals surface area contributed by atoms with Crippen LogP contribution in [0.5, 0.6) is 0 Å². The van der Waals surface area contributed by atoms with Gasteiger partial charge in [0.2, 0.25) is 0 Å². The second-order valence-corrected chi connectivity index (χ2v) is 6.60. The molecule has 1 fully saturated rings. The molecule has 1 saturated carbocycles. The summed E-state index contributed by atoms with van der Waals surface area (Å²) in [4.78, 5) is 0. The van der Waals surface area contributed by atoms with Crippen LogP contribution in [0.25, 0.3) is 0 Å². The highest BCUT2D eigenvalue weighted by Gasteiger charge is 2.24. The molecule has 0 saturated heterocycles. The zero-order valence-electron chi connectivity index (χ0n) is 10.8. The summed E-state index contributed by atoms with van der Waals surface area (Å²) in [6.07, 6.45) is 7.13. The molecule has 0 heterocycles. The maximum absolute atomic E-state index is 14.0. The van der Waals surface area contributed by atoms with Crippen molar-refractivity contribution in [3.63, 3.8) is 0 Å². The highest BCUT2D eigenvalue weighted by atomic mass is 79.9. The van der Waals surface area contributed by atoms with Crippen molar-refractivity contribution < 1.29 is 9.50 Å². The van der Waals surface area contributed by atoms with E-state index in [9.17, 15) is 9.50 Å². The van der Waals surface area contributed by atoms with Gasteiger partial charge in [-0.05, 0) is 46.8 Å². The highest BCUT2D eigenvalue weighted by Crippen LogP contribution is 2.36. The number of rotatable bonds is 2. The molecule has 1 aliphatic carbocycles. The van der Waals surface area contributed by atoms with Gasteiger partial charge in [-0.25, -0.2) is 4.39 Å². The lowest BCUT2D eigenvalue weighted by Gasteiger charge is -2.25. The fraction of sp³-hybridized carbons (Fsp3) is 0.600. The summed E-state index contributed by atoms with van der Waals surface area (Å²) in [6.45, 7) is 0. The summed E-state index contributed by atoms with van der Waals surface area (Å²) in [7, 11) is 0. The molecular weight excluding hydrogens is 331 g/mol. The molecule has 1 aromatic rings. The molecule has 1 atom stereocenters. The molecule has 1 nitrogen and oxygen atoms in total. The van der Waals surface area contributed by atoms with Crippen molar-refractivity contribution in [2.24, 2.45) is 5.92 Å². The van der Waals surface area contributed by atoms with E-state index >= 15 is 0 Å². The van der Waals surface area contributed by atoms with Crippen LogP contribution in [0.4, 0.5) is 4.39 Å². The van der Waals surface area contributed by atoms with Crippen LogP contribution in [0.15, 0.2) is 16.6 Å². The van der Waals surface area contributed by atoms with E-state index < -0.39 is 6.10 Å². The van der Waals surface area contributed by atoms with Gasteiger partial charge in [0.1, 0.15) is 5.82 Å². The maximum atomic E-state index is 14.0. The SMILES string of the molecule is OC(c1cc(Cl)c(Br)cc1F)C1CCCCCCC1. The summed E-state index contributed by atoms with van der Waals surface area (Å²) in [5, 5.41) is 10.9. The van der Waals surface area contributed by atoms with E-state index in [1.807, 2.05) is 0 Å². The molecule has 0 aliphatic heterocycles. The van der Waals surface area contributed by atoms with Crippen molar-refractivity contribution in [1.82, 2.24) is 0 Å². The smallest absolute Gasteiger partial charge is 0.130 e. The molecule has 2 rings (SSSR count). The second-order valence-electron chi connectivity index (χ2n) is 5.34. The summed E-state index contributed by atoms with van der Waals surface area (Å²) in [5.74, 6) is -0.238. The molecule has 0 aromatic heterocycles. The fourth-order valence-corrected chi connectivity index (χ4v) is 3.31. The quantitative estimate of drug-likeness (QED) is 0.685. The van der Waals surface area contributed by atoms with Gasteiger partial charge in [0.25, 0.3) is 0 Å². The van der Waals surface area contributed by atoms with E-state index in [1.54, 1.807) is 6.07 Å². The minimum atomic E-state index is -0.747. The van der Waals surface area contributed by atoms with Crippen LogP contribution in [0.3, 0.4) is 0 Å². The van der Waals surface area contributed by atoms with Gasteiger partial charge in [-0.2, -0.15) is 0 Å². The number of aliphatic hydroxyl groups excluding tert-OH is 1. The van der Waals surface area contributed by atoms with Crippen molar-refractivity contribution >= 4 is 27.5 Å². The van der Waals surface area contributed by atoms with Crippen LogP contribution in [0.2, 0.25) is 5.02 Å². The zero-order chi connectivity index (χ0) is 13.8. The molecule has 0 bridgehead atoms. The van der Waals surface area contributed by atoms with Gasteiger partial charge in [-0.1, -0.05) is 43.7 Å². The Morgan fingerprint density at radius 2 is 1.74 bits per heavy atom. The number of benzene rings is 1. The standard InChI is InChI=1S/C15H19BrClFO/c16-12-9-14(18)11(8-13(12)17)15(19)10-6-4-2-1-3-5-7-10/h8-10,15,19H,1-7H2. The lowest BCUT2D eigenvalue weighted by molar-refractivity contribution is 0.0879. The van der Waals surface area contributed by atoms with Gasteiger partial charge in [-0.15, -0.1) is 0 Å². The normalized spacial score (nSPS) is 19.8. The minimum Gasteiger partial charge on any atom is -0.388 e. The van der Waals surface area contributed by atoms with Crippen LogP contribution in [-0.2, 0) is 0 Å². The Labute approximate surface area is 127 Å². The maximum Gasteiger partial charge on any atom is 0.130 e. The summed E-state index contributed by atoms with van der Waals surface area (Å²) >= 11 is 9.20. The Balaban J connectivity index is 2.17. The van der Waals surface area contributed by atoms with Gasteiger partial charge < -0.3 is 5.11 Å². The predicted octanol–water partition coefficient (Wildman–Crippen LogP) is 5.64. The first-order valence-electron chi connectivity index (χ1n) is 6.92. The lowest BCUT2D eigenvalue weighted by atomic mass is 9.84. The first kappa shape index (κ1) is 15.3. The number of aliphatic hydroxyl groups is 1. The van der Waals surface area contributed by atoms with E-state index in [0.717, 1.165) is 25.7 Å². The molecule has 1 aromatic carbocycles. The van der Waals surface area contributed by atoms with Crippen molar-refractivity contribution in [1.29, 1.82) is 0 Å². The predicted molar refractivity (Wildman–Crippen MR) is 79.9 cm³/mol. The fourth-order valence-electron chi connectivity index (χ4n) is 2.82. The second kappa shape index (κ2) is 7.05. The Morgan fingerprint density at radius 1 is 1.16 bits per heavy atom. The molecule has 1 N–H and O–H groups in total. The molecule has 0 amide bonds. The first-order chi connectivity index (χ1) is 9.09. The molecule has 0 spiro atoms. The topological polar surface area (TPSA) is 20.2 Å². The Bertz CT molecular complexity index is 430. The summed E-state index contributed by atoms with van der Waals surface area (Å²) in [5.41, 5.74) is 0.332. The Hall–Kier alpha value is -0.120. The third-order valence-corrected chi connectivity index (χ3v) is 5.15. The average molecular weight is 350 g/mol. The van der Waals surface area contributed by atoms with Crippen molar-refractivity contribution in [2.45, 2.75) is 51.0 Å². The Morgan fingerprint density at radius 3 is 2.37 bits per heavy atom. The number of hydrogen-bond donors (Lipinski definition) is 1. The van der Waals surface area contributed by atoms with E-state index in [0.29, 0.717) is 15.1 Å². The van der Waals surface area contributed by atoms with Crippen LogP contribution in [0, 0.1) is 11.7 Å². The molecule has 106 valence electrons. The first-order valence-corrected chi connectivity index (χ1v) is 8.09. The van der Waals surface area contributed by atoms with Gasteiger partial charge in [-0.3, -0.25) is 0 Å². The van der Waals surface area contributed by atoms with E-state index in [1.165, 1.54) is 25.3 Å². The molecule has 19 heavy (non-hydrogen) atoms. The van der Waals surface area contributed by atoms with Gasteiger partial charge in [0, 0.05) is 10.0 Å². The monoisotopic (exact) mass is 348 g/mol. The van der Waals surface area contributed by atoms with Crippen LogP contribution in [-0.4, -0.2) is 5.11 Å². The van der Waals surface area contributed by atoms with Crippen molar-refractivity contribution in [3.05, 3.63) is 33.0 Å². The van der Waals surface area contributed by atoms with Gasteiger partial charge >= 0.3 is 0 Å². The minimum absolute atomic E-state index is 0.145. The van der Waals surface area contributed by atoms with Crippen molar-refractivity contribution in [3.8, 4) is 0 Å². The van der Waals surface area contributed by atoms with E-state index in [2.05, 4.69) is 15.9 Å². The van der Waals surface area contributed by atoms with Crippen molar-refractivity contribution in [2.75, 3.05) is 0 Å². The van der Waals surface area contributed by atoms with Crippen LogP contribution < -0.4 is 0 Å². The summed E-state index contributed by atoms with van der Waals surface area (Å²) in [6, 6.07) is 2.88. The third-order valence-electron chi connectivity index (χ3n) is 3.95. The van der Waals surface area contributed by atoms with Crippen LogP contribution in [0.1, 0.15) is 56.6 Å². The molecular formula is C15H19BrClFO. The largest absolute Gasteiger partial charge is 0.388 e. The summed E-state index contributed by atoms with van der Waals surface area (Å²) < 4.78 is 14.5.